The van der Waals surface area contributed by atoms with E-state index in [-0.39, 0.29) is 29.0 Å². The Balaban J connectivity index is 1.24. The zero-order chi connectivity index (χ0) is 18.0. The van der Waals surface area contributed by atoms with Gasteiger partial charge in [0, 0.05) is 31.2 Å². The van der Waals surface area contributed by atoms with Crippen molar-refractivity contribution >= 4 is 17.7 Å². The monoisotopic (exact) mass is 372 g/mol. The lowest BCUT2D eigenvalue weighted by atomic mass is 9.92. The second-order valence-corrected chi connectivity index (χ2v) is 8.54. The molecule has 1 atom stereocenters. The number of thioether (sulfide) groups is 1. The predicted octanol–water partition coefficient (Wildman–Crippen LogP) is 3.07. The zero-order valence-corrected chi connectivity index (χ0v) is 15.3. The van der Waals surface area contributed by atoms with Crippen LogP contribution in [0, 0.1) is 5.82 Å². The second kappa shape index (κ2) is 7.37. The van der Waals surface area contributed by atoms with Gasteiger partial charge in [0.2, 0.25) is 5.91 Å². The molecule has 0 bridgehead atoms. The summed E-state index contributed by atoms with van der Waals surface area (Å²) in [6.45, 7) is 2.11. The van der Waals surface area contributed by atoms with Crippen molar-refractivity contribution in [3.05, 3.63) is 65.7 Å². The number of hydrogen-bond acceptors (Lipinski definition) is 4. The third-order valence-electron chi connectivity index (χ3n) is 4.94. The molecule has 26 heavy (non-hydrogen) atoms. The van der Waals surface area contributed by atoms with Gasteiger partial charge < -0.3 is 9.64 Å². The number of hydrogen-bond donors (Lipinski definition) is 0. The van der Waals surface area contributed by atoms with Gasteiger partial charge in [0.05, 0.1) is 23.9 Å². The van der Waals surface area contributed by atoms with E-state index in [1.165, 1.54) is 12.1 Å². The molecule has 4 rings (SSSR count). The van der Waals surface area contributed by atoms with Gasteiger partial charge >= 0.3 is 0 Å². The number of carbonyl (C=O) groups excluding carboxylic acids is 1. The fraction of sp³-hybridized carbons (Fsp3) is 0.400. The van der Waals surface area contributed by atoms with E-state index in [1.807, 2.05) is 35.0 Å². The van der Waals surface area contributed by atoms with E-state index >= 15 is 0 Å². The molecule has 1 spiro atoms. The molecule has 6 heteroatoms. The number of nitrogens with zero attached hydrogens (tertiary/aromatic N) is 2. The van der Waals surface area contributed by atoms with Crippen LogP contribution in [0.25, 0.3) is 0 Å². The molecule has 1 aromatic carbocycles. The Bertz CT molecular complexity index is 780. The van der Waals surface area contributed by atoms with Gasteiger partial charge in [-0.25, -0.2) is 4.39 Å². The standard InChI is InChI=1S/C20H21FN2O2S/c21-17-5-1-3-15(7-17)8-19(24)23-13-20(14-23)9-18(12-26-20)25-11-16-4-2-6-22-10-16/h1-7,10,18H,8-9,11-14H2/t18-/m1/s1. The average Bonchev–Trinajstić information content (AvgIpc) is 3.04. The second-order valence-electron chi connectivity index (χ2n) is 7.05. The topological polar surface area (TPSA) is 42.4 Å². The van der Waals surface area contributed by atoms with E-state index in [2.05, 4.69) is 4.98 Å². The van der Waals surface area contributed by atoms with Crippen LogP contribution in [0.1, 0.15) is 17.5 Å². The van der Waals surface area contributed by atoms with Crippen molar-refractivity contribution in [2.24, 2.45) is 0 Å². The molecular weight excluding hydrogens is 351 g/mol. The van der Waals surface area contributed by atoms with Crippen molar-refractivity contribution < 1.29 is 13.9 Å². The number of benzene rings is 1. The molecule has 0 radical (unpaired) electrons. The molecule has 0 saturated carbocycles. The van der Waals surface area contributed by atoms with E-state index in [0.29, 0.717) is 6.61 Å². The fourth-order valence-corrected chi connectivity index (χ4v) is 5.14. The number of ether oxygens (including phenoxy) is 1. The minimum Gasteiger partial charge on any atom is -0.373 e. The number of amides is 1. The Hall–Kier alpha value is -1.92. The molecule has 2 fully saturated rings. The molecule has 2 aliphatic heterocycles. The van der Waals surface area contributed by atoms with Crippen LogP contribution in [0.2, 0.25) is 0 Å². The van der Waals surface area contributed by atoms with E-state index < -0.39 is 0 Å². The molecule has 1 amide bonds. The van der Waals surface area contributed by atoms with Gasteiger partial charge in [-0.3, -0.25) is 9.78 Å². The highest BCUT2D eigenvalue weighted by atomic mass is 32.2. The van der Waals surface area contributed by atoms with Crippen LogP contribution in [-0.2, 0) is 22.6 Å². The molecule has 4 nitrogen and oxygen atoms in total. The Morgan fingerprint density at radius 1 is 1.31 bits per heavy atom. The van der Waals surface area contributed by atoms with Crippen LogP contribution in [0.4, 0.5) is 4.39 Å². The zero-order valence-electron chi connectivity index (χ0n) is 14.4. The van der Waals surface area contributed by atoms with Crippen molar-refractivity contribution in [1.29, 1.82) is 0 Å². The summed E-state index contributed by atoms with van der Waals surface area (Å²) < 4.78 is 19.4. The lowest BCUT2D eigenvalue weighted by molar-refractivity contribution is -0.136. The summed E-state index contributed by atoms with van der Waals surface area (Å²) >= 11 is 1.91. The Kier molecular flexibility index (Phi) is 4.96. The first-order chi connectivity index (χ1) is 12.6. The van der Waals surface area contributed by atoms with Gasteiger partial charge in [-0.05, 0) is 35.7 Å². The fourth-order valence-electron chi connectivity index (χ4n) is 3.59. The minimum absolute atomic E-state index is 0.0709. The van der Waals surface area contributed by atoms with Crippen molar-refractivity contribution in [2.45, 2.75) is 30.3 Å². The van der Waals surface area contributed by atoms with Gasteiger partial charge in [-0.2, -0.15) is 0 Å². The van der Waals surface area contributed by atoms with E-state index in [9.17, 15) is 9.18 Å². The number of carbonyl (C=O) groups is 1. The summed E-state index contributed by atoms with van der Waals surface area (Å²) in [5, 5.41) is 0. The van der Waals surface area contributed by atoms with Gasteiger partial charge in [-0.15, -0.1) is 11.8 Å². The van der Waals surface area contributed by atoms with Crippen molar-refractivity contribution in [3.8, 4) is 0 Å². The molecule has 2 aromatic rings. The Labute approximate surface area is 156 Å². The van der Waals surface area contributed by atoms with E-state index in [1.54, 1.807) is 18.3 Å². The van der Waals surface area contributed by atoms with Crippen LogP contribution in [0.3, 0.4) is 0 Å². The molecular formula is C20H21FN2O2S. The number of rotatable bonds is 5. The first kappa shape index (κ1) is 17.5. The van der Waals surface area contributed by atoms with Gasteiger partial charge in [0.15, 0.2) is 0 Å². The first-order valence-corrected chi connectivity index (χ1v) is 9.77. The Morgan fingerprint density at radius 3 is 2.92 bits per heavy atom. The minimum atomic E-state index is -0.296. The number of aromatic nitrogens is 1. The molecule has 0 aliphatic carbocycles. The maximum absolute atomic E-state index is 13.2. The van der Waals surface area contributed by atoms with Crippen LogP contribution in [0.5, 0.6) is 0 Å². The molecule has 2 aliphatic rings. The molecule has 0 N–H and O–H groups in total. The predicted molar refractivity (Wildman–Crippen MR) is 99.3 cm³/mol. The maximum Gasteiger partial charge on any atom is 0.227 e. The maximum atomic E-state index is 13.2. The van der Waals surface area contributed by atoms with Gasteiger partial charge in [0.1, 0.15) is 5.82 Å². The lowest BCUT2D eigenvalue weighted by Crippen LogP contribution is -2.61. The summed E-state index contributed by atoms with van der Waals surface area (Å²) in [7, 11) is 0. The summed E-state index contributed by atoms with van der Waals surface area (Å²) in [6, 6.07) is 10.2. The smallest absolute Gasteiger partial charge is 0.227 e. The third-order valence-corrected chi connectivity index (χ3v) is 6.51. The molecule has 2 saturated heterocycles. The number of halogens is 1. The summed E-state index contributed by atoms with van der Waals surface area (Å²) in [5.41, 5.74) is 1.81. The summed E-state index contributed by atoms with van der Waals surface area (Å²) in [5.74, 6) is 0.739. The van der Waals surface area contributed by atoms with Crippen LogP contribution < -0.4 is 0 Å². The van der Waals surface area contributed by atoms with Gasteiger partial charge in [0.25, 0.3) is 0 Å². The first-order valence-electron chi connectivity index (χ1n) is 8.79. The summed E-state index contributed by atoms with van der Waals surface area (Å²) in [6.07, 6.45) is 5.05. The lowest BCUT2D eigenvalue weighted by Gasteiger charge is -2.47. The van der Waals surface area contributed by atoms with Crippen molar-refractivity contribution in [3.63, 3.8) is 0 Å². The molecule has 1 aromatic heterocycles. The van der Waals surface area contributed by atoms with Crippen molar-refractivity contribution in [1.82, 2.24) is 9.88 Å². The highest BCUT2D eigenvalue weighted by molar-refractivity contribution is 8.01. The summed E-state index contributed by atoms with van der Waals surface area (Å²) in [4.78, 5) is 18.4. The van der Waals surface area contributed by atoms with Crippen LogP contribution >= 0.6 is 11.8 Å². The van der Waals surface area contributed by atoms with Gasteiger partial charge in [-0.1, -0.05) is 18.2 Å². The molecule has 0 unspecified atom stereocenters. The van der Waals surface area contributed by atoms with Crippen LogP contribution in [-0.4, -0.2) is 45.5 Å². The normalized spacial score (nSPS) is 21.0. The largest absolute Gasteiger partial charge is 0.373 e. The van der Waals surface area contributed by atoms with Crippen LogP contribution in [0.15, 0.2) is 48.8 Å². The average molecular weight is 372 g/mol. The Morgan fingerprint density at radius 2 is 2.15 bits per heavy atom. The highest BCUT2D eigenvalue weighted by Crippen LogP contribution is 2.46. The quantitative estimate of drug-likeness (QED) is 0.809. The highest BCUT2D eigenvalue weighted by Gasteiger charge is 2.50. The van der Waals surface area contributed by atoms with E-state index in [4.69, 9.17) is 4.74 Å². The molecule has 136 valence electrons. The number of pyridine rings is 1. The SMILES string of the molecule is O=C(Cc1cccc(F)c1)N1CC2(C[C@@H](OCc3cccnc3)CS2)C1. The molecule has 3 heterocycles. The third kappa shape index (κ3) is 3.91. The van der Waals surface area contributed by atoms with Crippen molar-refractivity contribution in [2.75, 3.05) is 18.8 Å². The van der Waals surface area contributed by atoms with E-state index in [0.717, 1.165) is 36.4 Å². The number of likely N-dealkylation sites (tertiary alicyclic amines) is 1.